The number of aromatic nitrogens is 1. The van der Waals surface area contributed by atoms with Gasteiger partial charge in [0.2, 0.25) is 0 Å². The van der Waals surface area contributed by atoms with Crippen LogP contribution >= 0.6 is 12.4 Å². The third kappa shape index (κ3) is 4.03. The smallest absolute Gasteiger partial charge is 0.357 e. The highest BCUT2D eigenvalue weighted by atomic mass is 35.5. The number of ether oxygens (including phenoxy) is 1. The van der Waals surface area contributed by atoms with Crippen molar-refractivity contribution in [3.8, 4) is 0 Å². The van der Waals surface area contributed by atoms with Crippen LogP contribution in [0.4, 0.5) is 5.69 Å². The molecule has 0 amide bonds. The molecule has 4 nitrogen and oxygen atoms in total. The monoisotopic (exact) mass is 342 g/mol. The number of anilines is 1. The average molecular weight is 343 g/mol. The molecule has 0 radical (unpaired) electrons. The summed E-state index contributed by atoms with van der Waals surface area (Å²) >= 11 is 0. The maximum atomic E-state index is 12.0. The lowest BCUT2D eigenvalue weighted by atomic mass is 10.1. The highest BCUT2D eigenvalue weighted by Gasteiger charge is 2.12. The van der Waals surface area contributed by atoms with Gasteiger partial charge >= 0.3 is 5.97 Å². The molecule has 0 fully saturated rings. The van der Waals surface area contributed by atoms with Crippen molar-refractivity contribution < 1.29 is 9.53 Å². The predicted molar refractivity (Wildman–Crippen MR) is 98.7 cm³/mol. The minimum atomic E-state index is -0.402. The molecule has 0 aliphatic carbocycles. The van der Waals surface area contributed by atoms with Gasteiger partial charge in [0.25, 0.3) is 0 Å². The number of halogens is 1. The highest BCUT2D eigenvalue weighted by Crippen LogP contribution is 2.24. The van der Waals surface area contributed by atoms with E-state index < -0.39 is 5.97 Å². The normalized spacial score (nSPS) is 10.0. The third-order valence-corrected chi connectivity index (χ3v) is 3.53. The van der Waals surface area contributed by atoms with Crippen LogP contribution in [0.5, 0.6) is 0 Å². The first kappa shape index (κ1) is 17.8. The molecule has 3 aromatic rings. The van der Waals surface area contributed by atoms with Crippen LogP contribution in [0.15, 0.2) is 60.7 Å². The molecule has 1 N–H and O–H groups in total. The number of hydrogen-bond acceptors (Lipinski definition) is 4. The lowest BCUT2D eigenvalue weighted by Gasteiger charge is -2.11. The van der Waals surface area contributed by atoms with Crippen molar-refractivity contribution >= 4 is 35.0 Å². The standard InChI is InChI=1S/C19H18N2O2.ClH/c1-2-23-19(22)18-12-17(15-10-6-7-11-16(15)21-18)20-13-14-8-4-3-5-9-14;/h3-12H,2,13H2,1H3,(H,20,21);1H. The third-order valence-electron chi connectivity index (χ3n) is 3.53. The number of benzene rings is 2. The predicted octanol–water partition coefficient (Wildman–Crippen LogP) is 4.45. The summed E-state index contributed by atoms with van der Waals surface area (Å²) in [5, 5.41) is 4.38. The minimum absolute atomic E-state index is 0. The van der Waals surface area contributed by atoms with E-state index in [9.17, 15) is 4.79 Å². The molecule has 3 rings (SSSR count). The summed E-state index contributed by atoms with van der Waals surface area (Å²) in [5.41, 5.74) is 3.14. The molecule has 0 saturated heterocycles. The summed E-state index contributed by atoms with van der Waals surface area (Å²) in [4.78, 5) is 16.4. The number of fused-ring (bicyclic) bond motifs is 1. The zero-order valence-electron chi connectivity index (χ0n) is 13.4. The molecule has 0 aliphatic rings. The summed E-state index contributed by atoms with van der Waals surface area (Å²) in [6, 6.07) is 19.6. The summed E-state index contributed by atoms with van der Waals surface area (Å²) in [7, 11) is 0. The Hall–Kier alpha value is -2.59. The fourth-order valence-corrected chi connectivity index (χ4v) is 2.42. The average Bonchev–Trinajstić information content (AvgIpc) is 2.60. The number of carbonyl (C=O) groups is 1. The number of esters is 1. The van der Waals surface area contributed by atoms with E-state index in [1.54, 1.807) is 13.0 Å². The zero-order chi connectivity index (χ0) is 16.1. The Morgan fingerprint density at radius 2 is 1.79 bits per heavy atom. The fourth-order valence-electron chi connectivity index (χ4n) is 2.42. The molecule has 0 bridgehead atoms. The Kier molecular flexibility index (Phi) is 6.15. The summed E-state index contributed by atoms with van der Waals surface area (Å²) in [6.07, 6.45) is 0. The van der Waals surface area contributed by atoms with E-state index in [0.29, 0.717) is 18.8 Å². The number of carbonyl (C=O) groups excluding carboxylic acids is 1. The Balaban J connectivity index is 0.00000208. The largest absolute Gasteiger partial charge is 0.461 e. The van der Waals surface area contributed by atoms with Gasteiger partial charge in [0, 0.05) is 17.6 Å². The minimum Gasteiger partial charge on any atom is -0.461 e. The van der Waals surface area contributed by atoms with E-state index >= 15 is 0 Å². The van der Waals surface area contributed by atoms with E-state index in [1.165, 1.54) is 5.56 Å². The molecule has 0 saturated carbocycles. The van der Waals surface area contributed by atoms with Gasteiger partial charge in [0.1, 0.15) is 0 Å². The first-order valence-electron chi connectivity index (χ1n) is 7.62. The Morgan fingerprint density at radius 1 is 1.08 bits per heavy atom. The topological polar surface area (TPSA) is 51.2 Å². The van der Waals surface area contributed by atoms with Crippen molar-refractivity contribution in [2.75, 3.05) is 11.9 Å². The van der Waals surface area contributed by atoms with Gasteiger partial charge in [-0.1, -0.05) is 48.5 Å². The molecule has 0 atom stereocenters. The summed E-state index contributed by atoms with van der Waals surface area (Å²) in [5.74, 6) is -0.402. The maximum absolute atomic E-state index is 12.0. The van der Waals surface area contributed by atoms with Crippen molar-refractivity contribution in [1.29, 1.82) is 0 Å². The number of rotatable bonds is 5. The molecular formula is C19H19ClN2O2. The van der Waals surface area contributed by atoms with Crippen LogP contribution in [0.25, 0.3) is 10.9 Å². The molecule has 5 heteroatoms. The van der Waals surface area contributed by atoms with Gasteiger partial charge in [-0.15, -0.1) is 12.4 Å². The molecule has 124 valence electrons. The van der Waals surface area contributed by atoms with Crippen molar-refractivity contribution in [1.82, 2.24) is 4.98 Å². The van der Waals surface area contributed by atoms with Crippen LogP contribution in [0.3, 0.4) is 0 Å². The second-order valence-corrected chi connectivity index (χ2v) is 5.13. The quantitative estimate of drug-likeness (QED) is 0.696. The van der Waals surface area contributed by atoms with Gasteiger partial charge in [-0.3, -0.25) is 0 Å². The van der Waals surface area contributed by atoms with Gasteiger partial charge in [0.05, 0.1) is 12.1 Å². The number of para-hydroxylation sites is 1. The van der Waals surface area contributed by atoms with Gasteiger partial charge in [-0.2, -0.15) is 0 Å². The summed E-state index contributed by atoms with van der Waals surface area (Å²) in [6.45, 7) is 2.80. The first-order valence-corrected chi connectivity index (χ1v) is 7.62. The van der Waals surface area contributed by atoms with E-state index in [4.69, 9.17) is 4.74 Å². The van der Waals surface area contributed by atoms with Gasteiger partial charge in [-0.25, -0.2) is 9.78 Å². The maximum Gasteiger partial charge on any atom is 0.357 e. The highest BCUT2D eigenvalue weighted by molar-refractivity contribution is 5.97. The Morgan fingerprint density at radius 3 is 2.54 bits per heavy atom. The van der Waals surface area contributed by atoms with E-state index in [1.807, 2.05) is 42.5 Å². The second kappa shape index (κ2) is 8.31. The van der Waals surface area contributed by atoms with E-state index in [2.05, 4.69) is 22.4 Å². The molecule has 0 aliphatic heterocycles. The number of nitrogens with one attached hydrogen (secondary N) is 1. The molecule has 2 aromatic carbocycles. The van der Waals surface area contributed by atoms with Gasteiger partial charge in [-0.05, 0) is 24.6 Å². The summed E-state index contributed by atoms with van der Waals surface area (Å²) < 4.78 is 5.07. The van der Waals surface area contributed by atoms with Crippen molar-refractivity contribution in [2.45, 2.75) is 13.5 Å². The van der Waals surface area contributed by atoms with Crippen LogP contribution in [-0.2, 0) is 11.3 Å². The fraction of sp³-hybridized carbons (Fsp3) is 0.158. The lowest BCUT2D eigenvalue weighted by Crippen LogP contribution is -2.09. The Bertz CT molecular complexity index is 822. The second-order valence-electron chi connectivity index (χ2n) is 5.13. The first-order chi connectivity index (χ1) is 11.3. The van der Waals surface area contributed by atoms with Crippen LogP contribution in [-0.4, -0.2) is 17.6 Å². The van der Waals surface area contributed by atoms with Crippen molar-refractivity contribution in [3.63, 3.8) is 0 Å². The van der Waals surface area contributed by atoms with Crippen molar-refractivity contribution in [3.05, 3.63) is 71.9 Å². The van der Waals surface area contributed by atoms with Crippen LogP contribution in [0.2, 0.25) is 0 Å². The molecule has 1 heterocycles. The number of pyridine rings is 1. The van der Waals surface area contributed by atoms with Crippen LogP contribution in [0, 0.1) is 0 Å². The van der Waals surface area contributed by atoms with Gasteiger partial charge < -0.3 is 10.1 Å². The number of hydrogen-bond donors (Lipinski definition) is 1. The molecule has 0 spiro atoms. The molecular weight excluding hydrogens is 324 g/mol. The molecule has 1 aromatic heterocycles. The van der Waals surface area contributed by atoms with E-state index in [-0.39, 0.29) is 12.4 Å². The lowest BCUT2D eigenvalue weighted by molar-refractivity contribution is 0.0520. The van der Waals surface area contributed by atoms with E-state index in [0.717, 1.165) is 16.6 Å². The van der Waals surface area contributed by atoms with Crippen LogP contribution in [0.1, 0.15) is 23.0 Å². The van der Waals surface area contributed by atoms with Crippen molar-refractivity contribution in [2.24, 2.45) is 0 Å². The number of nitrogens with zero attached hydrogens (tertiary/aromatic N) is 1. The van der Waals surface area contributed by atoms with Crippen LogP contribution < -0.4 is 5.32 Å². The molecule has 24 heavy (non-hydrogen) atoms. The van der Waals surface area contributed by atoms with Gasteiger partial charge in [0.15, 0.2) is 5.69 Å². The molecule has 0 unspecified atom stereocenters. The zero-order valence-corrected chi connectivity index (χ0v) is 14.2. The SMILES string of the molecule is CCOC(=O)c1cc(NCc2ccccc2)c2ccccc2n1.Cl. The Labute approximate surface area is 147 Å².